The zero-order chi connectivity index (χ0) is 15.2. The van der Waals surface area contributed by atoms with E-state index in [0.717, 1.165) is 13.0 Å². The fourth-order valence-electron chi connectivity index (χ4n) is 2.19. The van der Waals surface area contributed by atoms with Crippen molar-refractivity contribution in [3.8, 4) is 0 Å². The standard InChI is InChI=1S/C15H17ClN2O3/c1-2-9-17-12(14-7-8-15(16)21-14)10-11-5-3-4-6-13(11)18(19)20/h3-8,12,17H,2,9-10H2,1H3. The molecule has 21 heavy (non-hydrogen) atoms. The Morgan fingerprint density at radius 1 is 1.33 bits per heavy atom. The van der Waals surface area contributed by atoms with Gasteiger partial charge in [-0.3, -0.25) is 10.1 Å². The van der Waals surface area contributed by atoms with Crippen molar-refractivity contribution < 1.29 is 9.34 Å². The van der Waals surface area contributed by atoms with Gasteiger partial charge in [0.25, 0.3) is 5.69 Å². The highest BCUT2D eigenvalue weighted by atomic mass is 35.5. The van der Waals surface area contributed by atoms with Crippen molar-refractivity contribution in [2.75, 3.05) is 6.54 Å². The predicted molar refractivity (Wildman–Crippen MR) is 81.6 cm³/mol. The first-order chi connectivity index (χ1) is 10.1. The number of nitrogens with zero attached hydrogens (tertiary/aromatic N) is 1. The maximum absolute atomic E-state index is 11.1. The van der Waals surface area contributed by atoms with Gasteiger partial charge in [0.15, 0.2) is 5.22 Å². The van der Waals surface area contributed by atoms with Crippen LogP contribution in [0.3, 0.4) is 0 Å². The summed E-state index contributed by atoms with van der Waals surface area (Å²) in [6.07, 6.45) is 1.43. The highest BCUT2D eigenvalue weighted by Crippen LogP contribution is 2.27. The summed E-state index contributed by atoms with van der Waals surface area (Å²) in [4.78, 5) is 10.7. The van der Waals surface area contributed by atoms with Gasteiger partial charge in [0, 0.05) is 18.1 Å². The van der Waals surface area contributed by atoms with Crippen LogP contribution in [0, 0.1) is 10.1 Å². The first kappa shape index (κ1) is 15.5. The minimum absolute atomic E-state index is 0.124. The minimum Gasteiger partial charge on any atom is -0.448 e. The van der Waals surface area contributed by atoms with Gasteiger partial charge in [-0.15, -0.1) is 0 Å². The zero-order valence-corrected chi connectivity index (χ0v) is 12.5. The lowest BCUT2D eigenvalue weighted by molar-refractivity contribution is -0.385. The second kappa shape index (κ2) is 7.24. The second-order valence-electron chi connectivity index (χ2n) is 4.74. The molecule has 0 saturated carbocycles. The topological polar surface area (TPSA) is 68.3 Å². The van der Waals surface area contributed by atoms with E-state index in [4.69, 9.17) is 16.0 Å². The maximum Gasteiger partial charge on any atom is 0.272 e. The predicted octanol–water partition coefficient (Wildman–Crippen LogP) is 4.12. The van der Waals surface area contributed by atoms with Gasteiger partial charge in [0.1, 0.15) is 5.76 Å². The molecule has 1 heterocycles. The highest BCUT2D eigenvalue weighted by molar-refractivity contribution is 6.28. The summed E-state index contributed by atoms with van der Waals surface area (Å²) in [5.74, 6) is 0.687. The van der Waals surface area contributed by atoms with Crippen LogP contribution in [-0.4, -0.2) is 11.5 Å². The highest BCUT2D eigenvalue weighted by Gasteiger charge is 2.20. The summed E-state index contributed by atoms with van der Waals surface area (Å²) in [6, 6.07) is 10.1. The molecule has 2 rings (SSSR count). The molecule has 112 valence electrons. The third-order valence-electron chi connectivity index (χ3n) is 3.19. The largest absolute Gasteiger partial charge is 0.448 e. The van der Waals surface area contributed by atoms with Crippen LogP contribution in [0.2, 0.25) is 5.22 Å². The molecule has 0 aliphatic carbocycles. The Kier molecular flexibility index (Phi) is 5.36. The first-order valence-electron chi connectivity index (χ1n) is 6.82. The Hall–Kier alpha value is -1.85. The third-order valence-corrected chi connectivity index (χ3v) is 3.39. The number of nitro groups is 1. The van der Waals surface area contributed by atoms with Gasteiger partial charge in [-0.2, -0.15) is 0 Å². The van der Waals surface area contributed by atoms with Gasteiger partial charge in [0.05, 0.1) is 11.0 Å². The van der Waals surface area contributed by atoms with Crippen molar-refractivity contribution in [2.45, 2.75) is 25.8 Å². The summed E-state index contributed by atoms with van der Waals surface area (Å²) in [7, 11) is 0. The number of para-hydroxylation sites is 1. The van der Waals surface area contributed by atoms with E-state index < -0.39 is 0 Å². The molecule has 0 amide bonds. The van der Waals surface area contributed by atoms with E-state index in [-0.39, 0.29) is 16.7 Å². The minimum atomic E-state index is -0.360. The Balaban J connectivity index is 2.24. The van der Waals surface area contributed by atoms with E-state index >= 15 is 0 Å². The van der Waals surface area contributed by atoms with Crippen LogP contribution in [0.25, 0.3) is 0 Å². The lowest BCUT2D eigenvalue weighted by atomic mass is 10.0. The summed E-state index contributed by atoms with van der Waals surface area (Å²) < 4.78 is 5.45. The molecule has 0 fully saturated rings. The molecule has 1 aromatic carbocycles. The molecular weight excluding hydrogens is 292 g/mol. The van der Waals surface area contributed by atoms with E-state index in [1.165, 1.54) is 6.07 Å². The molecule has 0 spiro atoms. The fraction of sp³-hybridized carbons (Fsp3) is 0.333. The van der Waals surface area contributed by atoms with Crippen molar-refractivity contribution in [3.05, 3.63) is 63.1 Å². The van der Waals surface area contributed by atoms with Crippen molar-refractivity contribution in [3.63, 3.8) is 0 Å². The van der Waals surface area contributed by atoms with Gasteiger partial charge in [0.2, 0.25) is 0 Å². The van der Waals surface area contributed by atoms with Crippen molar-refractivity contribution in [1.29, 1.82) is 0 Å². The second-order valence-corrected chi connectivity index (χ2v) is 5.11. The average molecular weight is 309 g/mol. The normalized spacial score (nSPS) is 12.3. The number of nitro benzene ring substituents is 1. The Morgan fingerprint density at radius 2 is 2.10 bits per heavy atom. The molecule has 1 N–H and O–H groups in total. The molecule has 0 bridgehead atoms. The molecule has 5 nitrogen and oxygen atoms in total. The molecular formula is C15H17ClN2O3. The van der Waals surface area contributed by atoms with Gasteiger partial charge in [-0.1, -0.05) is 25.1 Å². The number of furan rings is 1. The smallest absolute Gasteiger partial charge is 0.272 e. The fourth-order valence-corrected chi connectivity index (χ4v) is 2.34. The molecule has 0 aliphatic rings. The van der Waals surface area contributed by atoms with Crippen LogP contribution in [0.4, 0.5) is 5.69 Å². The molecule has 1 aromatic heterocycles. The van der Waals surface area contributed by atoms with E-state index in [1.807, 2.05) is 0 Å². The number of benzene rings is 1. The number of hydrogen-bond donors (Lipinski definition) is 1. The van der Waals surface area contributed by atoms with Crippen LogP contribution >= 0.6 is 11.6 Å². The van der Waals surface area contributed by atoms with E-state index in [1.54, 1.807) is 30.3 Å². The molecule has 1 atom stereocenters. The Labute approximate surface area is 128 Å². The zero-order valence-electron chi connectivity index (χ0n) is 11.7. The quantitative estimate of drug-likeness (QED) is 0.617. The number of hydrogen-bond acceptors (Lipinski definition) is 4. The molecule has 0 saturated heterocycles. The summed E-state index contributed by atoms with van der Waals surface area (Å²) >= 11 is 5.82. The summed E-state index contributed by atoms with van der Waals surface area (Å²) in [6.45, 7) is 2.85. The Bertz CT molecular complexity index is 612. The van der Waals surface area contributed by atoms with E-state index in [0.29, 0.717) is 23.0 Å². The SMILES string of the molecule is CCCNC(Cc1ccccc1[N+](=O)[O-])c1ccc(Cl)o1. The van der Waals surface area contributed by atoms with Crippen LogP contribution < -0.4 is 5.32 Å². The third kappa shape index (κ3) is 4.06. The van der Waals surface area contributed by atoms with Gasteiger partial charge in [-0.25, -0.2) is 0 Å². The average Bonchev–Trinajstić information content (AvgIpc) is 2.90. The summed E-state index contributed by atoms with van der Waals surface area (Å²) in [5.41, 5.74) is 0.794. The Morgan fingerprint density at radius 3 is 2.71 bits per heavy atom. The number of halogens is 1. The van der Waals surface area contributed by atoms with E-state index in [9.17, 15) is 10.1 Å². The van der Waals surface area contributed by atoms with Crippen LogP contribution in [0.5, 0.6) is 0 Å². The summed E-state index contributed by atoms with van der Waals surface area (Å²) in [5, 5.41) is 14.8. The molecule has 1 unspecified atom stereocenters. The first-order valence-corrected chi connectivity index (χ1v) is 7.20. The van der Waals surface area contributed by atoms with Crippen LogP contribution in [0.15, 0.2) is 40.8 Å². The van der Waals surface area contributed by atoms with Crippen LogP contribution in [0.1, 0.15) is 30.7 Å². The van der Waals surface area contributed by atoms with Crippen LogP contribution in [-0.2, 0) is 6.42 Å². The number of rotatable bonds is 7. The molecule has 2 aromatic rings. The van der Waals surface area contributed by atoms with Crippen molar-refractivity contribution >= 4 is 17.3 Å². The van der Waals surface area contributed by atoms with E-state index in [2.05, 4.69) is 12.2 Å². The lowest BCUT2D eigenvalue weighted by Gasteiger charge is -2.16. The number of nitrogens with one attached hydrogen (secondary N) is 1. The molecule has 6 heteroatoms. The molecule has 0 radical (unpaired) electrons. The lowest BCUT2D eigenvalue weighted by Crippen LogP contribution is -2.24. The molecule has 0 aliphatic heterocycles. The maximum atomic E-state index is 11.1. The van der Waals surface area contributed by atoms with Crippen molar-refractivity contribution in [2.24, 2.45) is 0 Å². The van der Waals surface area contributed by atoms with Gasteiger partial charge < -0.3 is 9.73 Å². The van der Waals surface area contributed by atoms with Gasteiger partial charge >= 0.3 is 0 Å². The monoisotopic (exact) mass is 308 g/mol. The van der Waals surface area contributed by atoms with Crippen molar-refractivity contribution in [1.82, 2.24) is 5.32 Å². The van der Waals surface area contributed by atoms with Gasteiger partial charge in [-0.05, 0) is 36.7 Å².